The minimum atomic E-state index is 0. The van der Waals surface area contributed by atoms with E-state index in [1.165, 1.54) is 45.6 Å². The van der Waals surface area contributed by atoms with E-state index in [4.69, 9.17) is 4.43 Å². The van der Waals surface area contributed by atoms with Crippen molar-refractivity contribution < 1.29 is 53.5 Å². The minimum absolute atomic E-state index is 0. The molecule has 0 heterocycles. The fraction of sp³-hybridized carbons (Fsp3) is 0.471. The van der Waals surface area contributed by atoms with Crippen molar-refractivity contribution in [2.24, 2.45) is 0 Å². The van der Waals surface area contributed by atoms with Crippen molar-refractivity contribution in [3.05, 3.63) is 46.6 Å². The van der Waals surface area contributed by atoms with E-state index in [-0.39, 0.29) is 30.9 Å². The molecule has 1 nitrogen and oxygen atoms in total. The van der Waals surface area contributed by atoms with Crippen molar-refractivity contribution >= 4 is 13.7 Å². The zero-order valence-electron chi connectivity index (χ0n) is 13.5. The first kappa shape index (κ1) is 22.5. The Bertz CT molecular complexity index is 517. The standard InChI is InChI=1S/C14H17OSi.C3H6.2ClH.Zr/c16-15-14-9-13(10-5-1-2-6-10)11-7-3-4-8-12(11)14;1-3-2;;;/h1-2,5,14H,3-4,6-8H2,16H3;1-2H3;2*1H;/q-1;;;;+2/p-2. The van der Waals surface area contributed by atoms with Gasteiger partial charge in [0.2, 0.25) is 0 Å². The predicted molar refractivity (Wildman–Crippen MR) is 85.3 cm³/mol. The van der Waals surface area contributed by atoms with Crippen LogP contribution in [0.15, 0.2) is 40.5 Å². The molecule has 120 valence electrons. The monoisotopic (exact) mass is 431 g/mol. The van der Waals surface area contributed by atoms with Crippen LogP contribution in [0.5, 0.6) is 0 Å². The third kappa shape index (κ3) is 5.83. The summed E-state index contributed by atoms with van der Waals surface area (Å²) in [6.45, 7) is 4.25. The second-order valence-electron chi connectivity index (χ2n) is 5.67. The molecule has 0 N–H and O–H groups in total. The maximum atomic E-state index is 5.67. The van der Waals surface area contributed by atoms with Gasteiger partial charge in [-0.05, 0) is 6.42 Å². The summed E-state index contributed by atoms with van der Waals surface area (Å²) >= 11 is 1.55. The average molecular weight is 434 g/mol. The number of hydrogen-bond donors (Lipinski definition) is 0. The van der Waals surface area contributed by atoms with Crippen LogP contribution in [-0.4, -0.2) is 19.8 Å². The summed E-state index contributed by atoms with van der Waals surface area (Å²) in [6.07, 6.45) is 16.6. The molecule has 0 aliphatic heterocycles. The van der Waals surface area contributed by atoms with Gasteiger partial charge in [-0.1, -0.05) is 37.8 Å². The third-order valence-corrected chi connectivity index (χ3v) is 4.20. The Balaban J connectivity index is 0.000000665. The largest absolute Gasteiger partial charge is 1.00 e. The number of hydrogen-bond acceptors (Lipinski definition) is 1. The molecule has 0 radical (unpaired) electrons. The molecular formula is C17H23Cl2OSiZr-. The molecular weight excluding hydrogens is 410 g/mol. The van der Waals surface area contributed by atoms with E-state index in [0.29, 0.717) is 0 Å². The molecule has 0 spiro atoms. The summed E-state index contributed by atoms with van der Waals surface area (Å²) in [5, 5.41) is 0. The number of halogens is 2. The van der Waals surface area contributed by atoms with Crippen LogP contribution in [0.1, 0.15) is 46.0 Å². The summed E-state index contributed by atoms with van der Waals surface area (Å²) in [6, 6.07) is 0. The van der Waals surface area contributed by atoms with Gasteiger partial charge in [-0.25, -0.2) is 0 Å². The van der Waals surface area contributed by atoms with Crippen LogP contribution >= 0.6 is 0 Å². The molecule has 3 aliphatic rings. The van der Waals surface area contributed by atoms with Crippen molar-refractivity contribution in [3.63, 3.8) is 0 Å². The van der Waals surface area contributed by atoms with Crippen molar-refractivity contribution in [1.82, 2.24) is 0 Å². The van der Waals surface area contributed by atoms with Gasteiger partial charge in [0, 0.05) is 6.10 Å². The van der Waals surface area contributed by atoms with Crippen molar-refractivity contribution in [2.75, 3.05) is 0 Å². The molecule has 1 unspecified atom stereocenters. The van der Waals surface area contributed by atoms with Gasteiger partial charge in [0.15, 0.2) is 0 Å². The van der Waals surface area contributed by atoms with Crippen molar-refractivity contribution in [1.29, 1.82) is 0 Å². The van der Waals surface area contributed by atoms with Gasteiger partial charge in [0.25, 0.3) is 0 Å². The summed E-state index contributed by atoms with van der Waals surface area (Å²) < 4.78 is 7.18. The smallest absolute Gasteiger partial charge is 0.145 e. The summed E-state index contributed by atoms with van der Waals surface area (Å²) in [5.41, 5.74) is 5.90. The predicted octanol–water partition coefficient (Wildman–Crippen LogP) is -3.09. The Kier molecular flexibility index (Phi) is 11.3. The molecule has 0 aromatic rings. The Morgan fingerprint density at radius 1 is 1.27 bits per heavy atom. The molecule has 0 bridgehead atoms. The van der Waals surface area contributed by atoms with Crippen LogP contribution in [0.3, 0.4) is 0 Å². The maximum absolute atomic E-state index is 5.67. The first-order valence-electron chi connectivity index (χ1n) is 7.40. The van der Waals surface area contributed by atoms with E-state index in [9.17, 15) is 0 Å². The molecule has 0 fully saturated rings. The first-order chi connectivity index (χ1) is 9.63. The number of allylic oxidation sites excluding steroid dienone is 6. The molecule has 0 saturated heterocycles. The first-order valence-corrected chi connectivity index (χ1v) is 9.44. The van der Waals surface area contributed by atoms with E-state index in [1.54, 1.807) is 29.8 Å². The van der Waals surface area contributed by atoms with E-state index in [0.717, 1.165) is 16.9 Å². The van der Waals surface area contributed by atoms with E-state index in [1.807, 2.05) is 0 Å². The summed E-state index contributed by atoms with van der Waals surface area (Å²) in [7, 11) is 0.803. The molecule has 3 aliphatic carbocycles. The molecule has 1 atom stereocenters. The summed E-state index contributed by atoms with van der Waals surface area (Å²) in [5.74, 6) is 0. The second-order valence-corrected chi connectivity index (χ2v) is 8.60. The normalized spacial score (nSPS) is 21.9. The minimum Gasteiger partial charge on any atom is -1.00 e. The van der Waals surface area contributed by atoms with Crippen LogP contribution in [0, 0.1) is 6.08 Å². The van der Waals surface area contributed by atoms with Gasteiger partial charge in [0.05, 0.1) is 0 Å². The van der Waals surface area contributed by atoms with Crippen LogP contribution in [0.2, 0.25) is 0 Å². The topological polar surface area (TPSA) is 9.23 Å². The van der Waals surface area contributed by atoms with E-state index >= 15 is 0 Å². The Labute approximate surface area is 165 Å². The Morgan fingerprint density at radius 3 is 2.45 bits per heavy atom. The average Bonchev–Trinajstić information content (AvgIpc) is 3.05. The zero-order valence-corrected chi connectivity index (χ0v) is 19.5. The van der Waals surface area contributed by atoms with Crippen molar-refractivity contribution in [2.45, 2.75) is 52.1 Å². The zero-order chi connectivity index (χ0) is 14.5. The van der Waals surface area contributed by atoms with Crippen LogP contribution < -0.4 is 24.8 Å². The van der Waals surface area contributed by atoms with Crippen molar-refractivity contribution in [3.8, 4) is 0 Å². The van der Waals surface area contributed by atoms with Gasteiger partial charge in [-0.15, -0.1) is 22.8 Å². The van der Waals surface area contributed by atoms with Crippen LogP contribution in [-0.2, 0) is 28.7 Å². The quantitative estimate of drug-likeness (QED) is 0.331. The maximum Gasteiger partial charge on any atom is 0.145 e. The van der Waals surface area contributed by atoms with Gasteiger partial charge in [0.1, 0.15) is 10.5 Å². The molecule has 0 saturated carbocycles. The number of rotatable bonds is 2. The molecule has 3 rings (SSSR count). The third-order valence-electron chi connectivity index (χ3n) is 3.73. The van der Waals surface area contributed by atoms with Gasteiger partial charge >= 0.3 is 41.3 Å². The Hall–Kier alpha value is 0.470. The van der Waals surface area contributed by atoms with Crippen LogP contribution in [0.25, 0.3) is 0 Å². The van der Waals surface area contributed by atoms with Crippen LogP contribution in [0.4, 0.5) is 0 Å². The molecule has 5 heteroatoms. The molecule has 0 aromatic carbocycles. The summed E-state index contributed by atoms with van der Waals surface area (Å²) in [4.78, 5) is 0. The van der Waals surface area contributed by atoms with Gasteiger partial charge in [-0.2, -0.15) is 11.6 Å². The molecule has 22 heavy (non-hydrogen) atoms. The van der Waals surface area contributed by atoms with Gasteiger partial charge in [-0.3, -0.25) is 0 Å². The molecule has 0 aromatic heterocycles. The SMILES string of the molecule is C[C](C)=[Zr+2].[Cl-].[Cl-].[SiH3]OC1[C-]=C(C2=CC=CC2)C2=C1CCCC2. The Morgan fingerprint density at radius 2 is 1.91 bits per heavy atom. The van der Waals surface area contributed by atoms with E-state index < -0.39 is 0 Å². The molecule has 0 amide bonds. The van der Waals surface area contributed by atoms with Gasteiger partial charge < -0.3 is 29.2 Å². The second kappa shape index (κ2) is 11.1. The van der Waals surface area contributed by atoms with E-state index in [2.05, 4.69) is 38.2 Å². The fourth-order valence-corrected chi connectivity index (χ4v) is 3.33. The fourth-order valence-electron chi connectivity index (χ4n) is 2.93.